The summed E-state index contributed by atoms with van der Waals surface area (Å²) in [5.41, 5.74) is 0. The third-order valence-corrected chi connectivity index (χ3v) is 3.34. The van der Waals surface area contributed by atoms with Gasteiger partial charge >= 0.3 is 0 Å². The van der Waals surface area contributed by atoms with Crippen molar-refractivity contribution < 1.29 is 4.79 Å². The number of carbonyl (C=O) groups is 1. The molecule has 1 aliphatic carbocycles. The minimum absolute atomic E-state index is 0.380. The zero-order valence-electron chi connectivity index (χ0n) is 8.01. The second kappa shape index (κ2) is 4.00. The van der Waals surface area contributed by atoms with Crippen LogP contribution >= 0.6 is 11.5 Å². The van der Waals surface area contributed by atoms with E-state index in [-0.39, 0.29) is 0 Å². The highest BCUT2D eigenvalue weighted by atomic mass is 32.1. The summed E-state index contributed by atoms with van der Waals surface area (Å²) in [6.45, 7) is 0. The number of carbonyl (C=O) groups excluding carboxylic acids is 1. The molecule has 0 saturated heterocycles. The van der Waals surface area contributed by atoms with Gasteiger partial charge in [0.2, 0.25) is 5.13 Å². The molecule has 0 spiro atoms. The van der Waals surface area contributed by atoms with E-state index in [1.54, 1.807) is 0 Å². The molecule has 1 saturated carbocycles. The highest BCUT2D eigenvalue weighted by molar-refractivity contribution is 7.09. The highest BCUT2D eigenvalue weighted by Gasteiger charge is 2.23. The van der Waals surface area contributed by atoms with Crippen LogP contribution in [0.15, 0.2) is 0 Å². The first-order valence-corrected chi connectivity index (χ1v) is 5.44. The van der Waals surface area contributed by atoms with E-state index >= 15 is 0 Å². The van der Waals surface area contributed by atoms with Crippen LogP contribution in [0.5, 0.6) is 0 Å². The van der Waals surface area contributed by atoms with E-state index in [9.17, 15) is 4.79 Å². The van der Waals surface area contributed by atoms with Gasteiger partial charge in [0.1, 0.15) is 5.78 Å². The quantitative estimate of drug-likeness (QED) is 0.728. The molecule has 14 heavy (non-hydrogen) atoms. The maximum Gasteiger partial charge on any atom is 0.227 e. The Morgan fingerprint density at radius 3 is 2.71 bits per heavy atom. The van der Waals surface area contributed by atoms with Crippen molar-refractivity contribution >= 4 is 22.4 Å². The first-order chi connectivity index (χ1) is 6.77. The molecule has 1 fully saturated rings. The molecule has 0 aliphatic heterocycles. The maximum absolute atomic E-state index is 11.1. The molecule has 1 aliphatic rings. The number of hydrogen-bond donors (Lipinski definition) is 0. The SMILES string of the molecule is CN(c1nnns1)C1CCC(=O)CC1. The molecule has 76 valence electrons. The van der Waals surface area contributed by atoms with E-state index in [1.165, 1.54) is 11.5 Å². The molecule has 0 amide bonds. The first-order valence-electron chi connectivity index (χ1n) is 4.67. The van der Waals surface area contributed by atoms with E-state index in [0.717, 1.165) is 18.0 Å². The molecule has 0 bridgehead atoms. The summed E-state index contributed by atoms with van der Waals surface area (Å²) in [5.74, 6) is 0.380. The van der Waals surface area contributed by atoms with Gasteiger partial charge in [-0.1, -0.05) is 9.59 Å². The van der Waals surface area contributed by atoms with Crippen LogP contribution < -0.4 is 4.90 Å². The van der Waals surface area contributed by atoms with Crippen molar-refractivity contribution in [3.05, 3.63) is 0 Å². The summed E-state index contributed by atoms with van der Waals surface area (Å²) in [5, 5.41) is 8.31. The van der Waals surface area contributed by atoms with Crippen LogP contribution in [-0.4, -0.2) is 33.7 Å². The Kier molecular flexibility index (Phi) is 2.72. The van der Waals surface area contributed by atoms with Crippen molar-refractivity contribution in [3.8, 4) is 0 Å². The Labute approximate surface area is 86.3 Å². The Hall–Kier alpha value is -1.04. The molecule has 5 nitrogen and oxygen atoms in total. The van der Waals surface area contributed by atoms with Gasteiger partial charge in [0.15, 0.2) is 0 Å². The van der Waals surface area contributed by atoms with E-state index in [4.69, 9.17) is 0 Å². The molecular weight excluding hydrogens is 200 g/mol. The van der Waals surface area contributed by atoms with E-state index in [0.29, 0.717) is 24.7 Å². The summed E-state index contributed by atoms with van der Waals surface area (Å²) < 4.78 is 3.72. The standard InChI is InChI=1S/C8H12N4OS/c1-12(8-9-10-11-14-8)6-2-4-7(13)5-3-6/h6H,2-5H2,1H3. The van der Waals surface area contributed by atoms with Crippen LogP contribution in [-0.2, 0) is 4.79 Å². The lowest BCUT2D eigenvalue weighted by atomic mass is 9.94. The zero-order valence-corrected chi connectivity index (χ0v) is 8.83. The van der Waals surface area contributed by atoms with Gasteiger partial charge in [-0.3, -0.25) is 4.79 Å². The van der Waals surface area contributed by atoms with Gasteiger partial charge in [-0.05, 0) is 18.1 Å². The Morgan fingerprint density at radius 2 is 2.14 bits per heavy atom. The fourth-order valence-electron chi connectivity index (χ4n) is 1.73. The van der Waals surface area contributed by atoms with Crippen LogP contribution in [0.3, 0.4) is 0 Å². The van der Waals surface area contributed by atoms with Gasteiger partial charge in [-0.25, -0.2) is 0 Å². The topological polar surface area (TPSA) is 59.0 Å². The van der Waals surface area contributed by atoms with Crippen molar-refractivity contribution in [1.29, 1.82) is 0 Å². The lowest BCUT2D eigenvalue weighted by Gasteiger charge is -2.29. The summed E-state index contributed by atoms with van der Waals surface area (Å²) in [6.07, 6.45) is 3.24. The number of aromatic nitrogens is 3. The maximum atomic E-state index is 11.1. The third-order valence-electron chi connectivity index (χ3n) is 2.65. The molecule has 0 atom stereocenters. The van der Waals surface area contributed by atoms with Gasteiger partial charge in [0, 0.05) is 37.5 Å². The van der Waals surface area contributed by atoms with Crippen molar-refractivity contribution in [2.24, 2.45) is 0 Å². The lowest BCUT2D eigenvalue weighted by Crippen LogP contribution is -2.35. The third kappa shape index (κ3) is 1.89. The van der Waals surface area contributed by atoms with Crippen LogP contribution in [0.2, 0.25) is 0 Å². The molecule has 6 heteroatoms. The normalized spacial score (nSPS) is 18.5. The highest BCUT2D eigenvalue weighted by Crippen LogP contribution is 2.24. The fourth-order valence-corrected chi connectivity index (χ4v) is 2.23. The van der Waals surface area contributed by atoms with E-state index in [2.05, 4.69) is 19.7 Å². The van der Waals surface area contributed by atoms with Crippen LogP contribution in [0.4, 0.5) is 5.13 Å². The van der Waals surface area contributed by atoms with Crippen LogP contribution in [0, 0.1) is 0 Å². The largest absolute Gasteiger partial charge is 0.345 e. The molecule has 0 aromatic carbocycles. The molecule has 0 radical (unpaired) electrons. The predicted octanol–water partition coefficient (Wildman–Crippen LogP) is 0.881. The first kappa shape index (κ1) is 9.51. The fraction of sp³-hybridized carbons (Fsp3) is 0.750. The van der Waals surface area contributed by atoms with Gasteiger partial charge in [0.05, 0.1) is 0 Å². The Bertz CT molecular complexity index is 303. The molecule has 1 aromatic rings. The van der Waals surface area contributed by atoms with Gasteiger partial charge in [-0.15, -0.1) is 0 Å². The number of rotatable bonds is 2. The average Bonchev–Trinajstić information content (AvgIpc) is 2.71. The number of Topliss-reactive ketones (excluding diaryl/α,β-unsaturated/α-hetero) is 1. The summed E-state index contributed by atoms with van der Waals surface area (Å²) >= 11 is 1.29. The second-order valence-electron chi connectivity index (χ2n) is 3.53. The minimum atomic E-state index is 0.380. The van der Waals surface area contributed by atoms with Gasteiger partial charge in [-0.2, -0.15) is 0 Å². The Morgan fingerprint density at radius 1 is 1.43 bits per heavy atom. The minimum Gasteiger partial charge on any atom is -0.345 e. The van der Waals surface area contributed by atoms with Crippen molar-refractivity contribution in [3.63, 3.8) is 0 Å². The predicted molar refractivity (Wildman–Crippen MR) is 53.4 cm³/mol. The molecule has 2 rings (SSSR count). The average molecular weight is 212 g/mol. The number of hydrogen-bond acceptors (Lipinski definition) is 6. The number of nitrogens with zero attached hydrogens (tertiary/aromatic N) is 4. The number of ketones is 1. The molecular formula is C8H12N4OS. The molecule has 0 N–H and O–H groups in total. The van der Waals surface area contributed by atoms with Crippen LogP contribution in [0.1, 0.15) is 25.7 Å². The van der Waals surface area contributed by atoms with Crippen molar-refractivity contribution in [1.82, 2.24) is 14.8 Å². The van der Waals surface area contributed by atoms with Crippen molar-refractivity contribution in [2.75, 3.05) is 11.9 Å². The zero-order chi connectivity index (χ0) is 9.97. The summed E-state index contributed by atoms with van der Waals surface area (Å²) in [6, 6.07) is 0.419. The van der Waals surface area contributed by atoms with E-state index in [1.807, 2.05) is 7.05 Å². The lowest BCUT2D eigenvalue weighted by molar-refractivity contribution is -0.120. The summed E-state index contributed by atoms with van der Waals surface area (Å²) in [7, 11) is 1.99. The molecule has 0 unspecified atom stereocenters. The molecule has 1 heterocycles. The molecule has 1 aromatic heterocycles. The van der Waals surface area contributed by atoms with Gasteiger partial charge in [0.25, 0.3) is 0 Å². The monoisotopic (exact) mass is 212 g/mol. The van der Waals surface area contributed by atoms with E-state index < -0.39 is 0 Å². The number of anilines is 1. The van der Waals surface area contributed by atoms with Crippen LogP contribution in [0.25, 0.3) is 0 Å². The smallest absolute Gasteiger partial charge is 0.227 e. The Balaban J connectivity index is 1.99. The second-order valence-corrected chi connectivity index (χ2v) is 4.24. The van der Waals surface area contributed by atoms with Gasteiger partial charge < -0.3 is 4.90 Å². The van der Waals surface area contributed by atoms with Crippen molar-refractivity contribution in [2.45, 2.75) is 31.7 Å². The summed E-state index contributed by atoms with van der Waals surface area (Å²) in [4.78, 5) is 13.1.